The highest BCUT2D eigenvalue weighted by Crippen LogP contribution is 2.40. The van der Waals surface area contributed by atoms with Crippen LogP contribution in [0.15, 0.2) is 46.3 Å². The number of aliphatic imine (C=N–C) groups is 1. The van der Waals surface area contributed by atoms with Gasteiger partial charge in [0.1, 0.15) is 5.00 Å². The largest absolute Gasteiger partial charge is 0.466 e. The molecular formula is C21H20N2O5S2. The van der Waals surface area contributed by atoms with Crippen molar-refractivity contribution in [1.82, 2.24) is 0 Å². The van der Waals surface area contributed by atoms with E-state index in [1.165, 1.54) is 23.3 Å². The Morgan fingerprint density at radius 3 is 2.53 bits per heavy atom. The molecule has 0 aliphatic carbocycles. The van der Waals surface area contributed by atoms with E-state index >= 15 is 0 Å². The molecule has 0 saturated carbocycles. The highest BCUT2D eigenvalue weighted by atomic mass is 32.2. The molecule has 9 heteroatoms. The minimum atomic E-state index is -0.630. The summed E-state index contributed by atoms with van der Waals surface area (Å²) in [6.45, 7) is 5.73. The molecule has 1 aliphatic rings. The van der Waals surface area contributed by atoms with Crippen molar-refractivity contribution in [3.8, 4) is 0 Å². The van der Waals surface area contributed by atoms with E-state index in [4.69, 9.17) is 4.74 Å². The first kappa shape index (κ1) is 21.8. The Morgan fingerprint density at radius 1 is 1.20 bits per heavy atom. The predicted molar refractivity (Wildman–Crippen MR) is 118 cm³/mol. The molecule has 1 amide bonds. The van der Waals surface area contributed by atoms with Gasteiger partial charge < -0.3 is 9.47 Å². The molecule has 3 rings (SSSR count). The zero-order valence-corrected chi connectivity index (χ0v) is 18.6. The third kappa shape index (κ3) is 4.31. The second-order valence-corrected chi connectivity index (χ2v) is 8.40. The van der Waals surface area contributed by atoms with Crippen molar-refractivity contribution < 1.29 is 23.9 Å². The van der Waals surface area contributed by atoms with Gasteiger partial charge in [0.25, 0.3) is 5.91 Å². The number of carbonyl (C=O) groups excluding carboxylic acids is 3. The molecule has 0 N–H and O–H groups in total. The molecule has 30 heavy (non-hydrogen) atoms. The lowest BCUT2D eigenvalue weighted by molar-refractivity contribution is -0.135. The number of para-hydroxylation sites is 1. The van der Waals surface area contributed by atoms with Crippen LogP contribution in [0.1, 0.15) is 27.7 Å². The van der Waals surface area contributed by atoms with E-state index in [1.807, 2.05) is 19.9 Å². The Hall–Kier alpha value is -2.91. The number of anilines is 1. The predicted octanol–water partition coefficient (Wildman–Crippen LogP) is 4.37. The van der Waals surface area contributed by atoms with Crippen LogP contribution >= 0.6 is 23.1 Å². The molecule has 7 nitrogen and oxygen atoms in total. The van der Waals surface area contributed by atoms with Gasteiger partial charge in [-0.15, -0.1) is 11.3 Å². The summed E-state index contributed by atoms with van der Waals surface area (Å²) in [5, 5.41) is 0.798. The van der Waals surface area contributed by atoms with Gasteiger partial charge in [-0.1, -0.05) is 18.2 Å². The molecule has 0 unspecified atom stereocenters. The van der Waals surface area contributed by atoms with Gasteiger partial charge in [-0.2, -0.15) is 0 Å². The summed E-state index contributed by atoms with van der Waals surface area (Å²) in [4.78, 5) is 44.4. The molecule has 1 saturated heterocycles. The van der Waals surface area contributed by atoms with Crippen LogP contribution in [0.2, 0.25) is 0 Å². The summed E-state index contributed by atoms with van der Waals surface area (Å²) in [5.41, 5.74) is 1.78. The molecular weight excluding hydrogens is 424 g/mol. The molecule has 2 aromatic rings. The summed E-state index contributed by atoms with van der Waals surface area (Å²) in [7, 11) is 1.25. The van der Waals surface area contributed by atoms with Gasteiger partial charge in [0.15, 0.2) is 5.17 Å². The molecule has 1 aliphatic heterocycles. The smallest absolute Gasteiger partial charge is 0.341 e. The first-order chi connectivity index (χ1) is 14.4. The van der Waals surface area contributed by atoms with E-state index in [2.05, 4.69) is 9.73 Å². The minimum absolute atomic E-state index is 0.187. The van der Waals surface area contributed by atoms with Crippen LogP contribution in [0.5, 0.6) is 0 Å². The molecule has 156 valence electrons. The van der Waals surface area contributed by atoms with Crippen molar-refractivity contribution >= 4 is 56.8 Å². The van der Waals surface area contributed by atoms with E-state index in [-0.39, 0.29) is 11.5 Å². The number of thioether (sulfide) groups is 1. The number of benzene rings is 1. The zero-order chi connectivity index (χ0) is 21.8. The first-order valence-corrected chi connectivity index (χ1v) is 10.7. The second-order valence-electron chi connectivity index (χ2n) is 6.19. The van der Waals surface area contributed by atoms with E-state index in [1.54, 1.807) is 31.2 Å². The minimum Gasteiger partial charge on any atom is -0.466 e. The van der Waals surface area contributed by atoms with E-state index in [0.717, 1.165) is 28.3 Å². The topological polar surface area (TPSA) is 85.3 Å². The van der Waals surface area contributed by atoms with Crippen LogP contribution in [0.3, 0.4) is 0 Å². The Kier molecular flexibility index (Phi) is 6.73. The van der Waals surface area contributed by atoms with Crippen molar-refractivity contribution in [3.05, 3.63) is 57.3 Å². The third-order valence-electron chi connectivity index (χ3n) is 4.31. The number of methoxy groups -OCH3 is 1. The van der Waals surface area contributed by atoms with E-state index in [9.17, 15) is 14.4 Å². The number of nitrogens with zero attached hydrogens (tertiary/aromatic N) is 2. The van der Waals surface area contributed by atoms with E-state index in [0.29, 0.717) is 21.4 Å². The molecule has 0 atom stereocenters. The van der Waals surface area contributed by atoms with Crippen molar-refractivity contribution in [2.24, 2.45) is 4.99 Å². The summed E-state index contributed by atoms with van der Waals surface area (Å²) in [6.07, 6.45) is 1.14. The number of aryl methyl sites for hydroxylation is 1. The number of amides is 1. The fourth-order valence-electron chi connectivity index (χ4n) is 2.74. The fourth-order valence-corrected chi connectivity index (χ4v) is 4.76. The maximum absolute atomic E-state index is 13.0. The maximum Gasteiger partial charge on any atom is 0.341 e. The number of carbonyl (C=O) groups is 3. The summed E-state index contributed by atoms with van der Waals surface area (Å²) in [6, 6.07) is 8.98. The number of thiophene rings is 1. The van der Waals surface area contributed by atoms with Crippen LogP contribution in [-0.4, -0.2) is 36.7 Å². The van der Waals surface area contributed by atoms with Crippen LogP contribution in [0.25, 0.3) is 0 Å². The molecule has 1 fully saturated rings. The van der Waals surface area contributed by atoms with Crippen LogP contribution in [-0.2, 0) is 19.1 Å². The molecule has 2 heterocycles. The van der Waals surface area contributed by atoms with Gasteiger partial charge in [-0.25, -0.2) is 14.6 Å². The van der Waals surface area contributed by atoms with Gasteiger partial charge in [0.05, 0.1) is 29.9 Å². The third-order valence-corrected chi connectivity index (χ3v) is 6.38. The monoisotopic (exact) mass is 444 g/mol. The van der Waals surface area contributed by atoms with Crippen LogP contribution in [0, 0.1) is 13.8 Å². The quantitative estimate of drug-likeness (QED) is 0.503. The number of esters is 2. The molecule has 0 spiro atoms. The first-order valence-electron chi connectivity index (χ1n) is 9.10. The lowest BCUT2D eigenvalue weighted by atomic mass is 10.1. The summed E-state index contributed by atoms with van der Waals surface area (Å²) < 4.78 is 9.84. The molecule has 0 bridgehead atoms. The maximum atomic E-state index is 13.0. The highest BCUT2D eigenvalue weighted by molar-refractivity contribution is 8.19. The van der Waals surface area contributed by atoms with Crippen molar-refractivity contribution in [2.75, 3.05) is 18.6 Å². The highest BCUT2D eigenvalue weighted by Gasteiger charge is 2.36. The summed E-state index contributed by atoms with van der Waals surface area (Å²) in [5.74, 6) is -1.47. The van der Waals surface area contributed by atoms with Crippen molar-refractivity contribution in [1.29, 1.82) is 0 Å². The fraction of sp³-hybridized carbons (Fsp3) is 0.238. The molecule has 1 aromatic carbocycles. The number of amidine groups is 1. The number of rotatable bonds is 5. The summed E-state index contributed by atoms with van der Waals surface area (Å²) >= 11 is 2.40. The number of ether oxygens (including phenoxy) is 2. The lowest BCUT2D eigenvalue weighted by Crippen LogP contribution is -2.28. The Balaban J connectivity index is 2.13. The second kappa shape index (κ2) is 9.27. The van der Waals surface area contributed by atoms with Gasteiger partial charge >= 0.3 is 11.9 Å². The lowest BCUT2D eigenvalue weighted by Gasteiger charge is -2.15. The molecule has 1 aromatic heterocycles. The zero-order valence-electron chi connectivity index (χ0n) is 16.9. The molecule has 0 radical (unpaired) electrons. The van der Waals surface area contributed by atoms with Gasteiger partial charge in [-0.3, -0.25) is 9.69 Å². The van der Waals surface area contributed by atoms with Crippen molar-refractivity contribution in [3.63, 3.8) is 0 Å². The van der Waals surface area contributed by atoms with Crippen LogP contribution < -0.4 is 4.90 Å². The van der Waals surface area contributed by atoms with Crippen molar-refractivity contribution in [2.45, 2.75) is 20.8 Å². The standard InChI is InChI=1S/C21H20N2O5S2/c1-5-28-20(26)17-12(2)13(3)29-18(17)22-21-23(14-9-7-6-8-10-14)19(25)15(30-21)11-16(24)27-4/h6-11H,5H2,1-4H3/b15-11-,22-21+. The average Bonchev–Trinajstić information content (AvgIpc) is 3.18. The Labute approximate surface area is 182 Å². The number of hydrogen-bond acceptors (Lipinski definition) is 8. The van der Waals surface area contributed by atoms with Gasteiger partial charge in [-0.05, 0) is 50.2 Å². The normalized spacial score (nSPS) is 16.4. The van der Waals surface area contributed by atoms with Crippen LogP contribution in [0.4, 0.5) is 10.7 Å². The van der Waals surface area contributed by atoms with Gasteiger partial charge in [0, 0.05) is 11.0 Å². The Bertz CT molecular complexity index is 1060. The average molecular weight is 445 g/mol. The number of hydrogen-bond donors (Lipinski definition) is 0. The van der Waals surface area contributed by atoms with Gasteiger partial charge in [0.2, 0.25) is 0 Å². The van der Waals surface area contributed by atoms with E-state index < -0.39 is 17.8 Å². The SMILES string of the molecule is CCOC(=O)c1c(/N=C2/S/C(=C\C(=O)OC)C(=O)N2c2ccccc2)sc(C)c1C. The Morgan fingerprint density at radius 2 is 1.90 bits per heavy atom.